The summed E-state index contributed by atoms with van der Waals surface area (Å²) in [5, 5.41) is 14.8. The molecule has 0 amide bonds. The molecule has 0 bridgehead atoms. The van der Waals surface area contributed by atoms with Crippen molar-refractivity contribution in [1.29, 1.82) is 0 Å². The number of hydrogen-bond donors (Lipinski definition) is 1. The molecular formula is C18H14ClN3O3. The van der Waals surface area contributed by atoms with E-state index >= 15 is 0 Å². The predicted molar refractivity (Wildman–Crippen MR) is 97.6 cm³/mol. The number of aromatic amines is 1. The first kappa shape index (κ1) is 16.7. The standard InChI is InChI=1S/C18H14ClN3O3/c1-11-3-5-13(6-4-11)9-15-12(2)20-21(18(15)23)17-10-14(22(24)25)7-8-16(17)19/h3-10,20H,2H2,1H3/b15-9+. The molecule has 3 aromatic rings. The molecule has 0 spiro atoms. The van der Waals surface area contributed by atoms with Gasteiger partial charge in [0.05, 0.1) is 26.2 Å². The van der Waals surface area contributed by atoms with Crippen LogP contribution in [-0.4, -0.2) is 14.7 Å². The molecule has 7 heteroatoms. The average Bonchev–Trinajstić information content (AvgIpc) is 2.85. The number of halogens is 1. The van der Waals surface area contributed by atoms with Crippen LogP contribution in [-0.2, 0) is 0 Å². The molecule has 0 aliphatic rings. The molecule has 1 heterocycles. The van der Waals surface area contributed by atoms with Gasteiger partial charge in [0.2, 0.25) is 0 Å². The number of aryl methyl sites for hydroxylation is 1. The van der Waals surface area contributed by atoms with Crippen molar-refractivity contribution in [3.05, 3.63) is 89.7 Å². The lowest BCUT2D eigenvalue weighted by Gasteiger charge is -2.03. The number of nitro benzene ring substituents is 1. The van der Waals surface area contributed by atoms with Crippen LogP contribution in [0, 0.1) is 17.0 Å². The molecule has 3 rings (SSSR count). The molecule has 1 aromatic heterocycles. The summed E-state index contributed by atoms with van der Waals surface area (Å²) in [5.41, 5.74) is 1.63. The van der Waals surface area contributed by atoms with E-state index in [9.17, 15) is 14.9 Å². The molecule has 0 unspecified atom stereocenters. The molecule has 0 saturated carbocycles. The molecule has 0 aliphatic carbocycles. The fourth-order valence-electron chi connectivity index (χ4n) is 2.43. The third-order valence-electron chi connectivity index (χ3n) is 3.78. The van der Waals surface area contributed by atoms with Crippen LogP contribution in [0.5, 0.6) is 0 Å². The zero-order valence-corrected chi connectivity index (χ0v) is 14.1. The van der Waals surface area contributed by atoms with E-state index in [0.717, 1.165) is 15.8 Å². The average molecular weight is 356 g/mol. The van der Waals surface area contributed by atoms with E-state index in [1.54, 1.807) is 6.08 Å². The number of non-ortho nitro benzene ring substituents is 1. The molecule has 2 aromatic carbocycles. The summed E-state index contributed by atoms with van der Waals surface area (Å²) < 4.78 is 1.16. The molecule has 0 atom stereocenters. The van der Waals surface area contributed by atoms with Crippen LogP contribution < -0.4 is 16.1 Å². The van der Waals surface area contributed by atoms with Crippen molar-refractivity contribution in [2.45, 2.75) is 6.92 Å². The van der Waals surface area contributed by atoms with Crippen molar-refractivity contribution in [2.24, 2.45) is 0 Å². The van der Waals surface area contributed by atoms with Gasteiger partial charge in [0.1, 0.15) is 0 Å². The highest BCUT2D eigenvalue weighted by Gasteiger charge is 2.14. The van der Waals surface area contributed by atoms with E-state index < -0.39 is 4.92 Å². The van der Waals surface area contributed by atoms with Crippen LogP contribution in [0.4, 0.5) is 5.69 Å². The first-order chi connectivity index (χ1) is 11.9. The van der Waals surface area contributed by atoms with Crippen molar-refractivity contribution in [2.75, 3.05) is 0 Å². The van der Waals surface area contributed by atoms with E-state index in [0.29, 0.717) is 10.6 Å². The molecule has 0 radical (unpaired) electrons. The number of aromatic nitrogens is 2. The Balaban J connectivity index is 2.20. The minimum atomic E-state index is -0.543. The zero-order chi connectivity index (χ0) is 18.1. The van der Waals surface area contributed by atoms with Gasteiger partial charge >= 0.3 is 0 Å². The lowest BCUT2D eigenvalue weighted by molar-refractivity contribution is -0.384. The topological polar surface area (TPSA) is 80.9 Å². The van der Waals surface area contributed by atoms with Crippen molar-refractivity contribution in [3.63, 3.8) is 0 Å². The van der Waals surface area contributed by atoms with Crippen molar-refractivity contribution >= 4 is 29.9 Å². The molecular weight excluding hydrogens is 342 g/mol. The minimum Gasteiger partial charge on any atom is -0.291 e. The summed E-state index contributed by atoms with van der Waals surface area (Å²) in [6, 6.07) is 11.6. The number of hydrogen-bond acceptors (Lipinski definition) is 3. The van der Waals surface area contributed by atoms with E-state index in [2.05, 4.69) is 11.7 Å². The van der Waals surface area contributed by atoms with Gasteiger partial charge in [0, 0.05) is 12.1 Å². The Morgan fingerprint density at radius 2 is 1.92 bits per heavy atom. The van der Waals surface area contributed by atoms with Gasteiger partial charge in [-0.3, -0.25) is 20.0 Å². The Kier molecular flexibility index (Phi) is 4.29. The van der Waals surface area contributed by atoms with Crippen LogP contribution in [0.2, 0.25) is 5.02 Å². The summed E-state index contributed by atoms with van der Waals surface area (Å²) in [4.78, 5) is 23.2. The van der Waals surface area contributed by atoms with Gasteiger partial charge in [-0.25, -0.2) is 4.68 Å². The van der Waals surface area contributed by atoms with Gasteiger partial charge in [0.15, 0.2) is 0 Å². The Hall–Kier alpha value is -3.12. The second-order valence-corrected chi connectivity index (χ2v) is 6.00. The number of nitro groups is 1. The van der Waals surface area contributed by atoms with Gasteiger partial charge in [-0.2, -0.15) is 0 Å². The Bertz CT molecular complexity index is 1130. The Labute approximate surface area is 147 Å². The number of H-pyrrole nitrogens is 1. The van der Waals surface area contributed by atoms with E-state index in [1.807, 2.05) is 31.2 Å². The highest BCUT2D eigenvalue weighted by atomic mass is 35.5. The lowest BCUT2D eigenvalue weighted by Crippen LogP contribution is -2.34. The molecule has 0 saturated heterocycles. The van der Waals surface area contributed by atoms with E-state index in [1.165, 1.54) is 18.2 Å². The largest absolute Gasteiger partial charge is 0.291 e. The monoisotopic (exact) mass is 355 g/mol. The lowest BCUT2D eigenvalue weighted by atomic mass is 10.1. The third kappa shape index (κ3) is 3.25. The molecule has 126 valence electrons. The maximum absolute atomic E-state index is 12.7. The molecule has 0 fully saturated rings. The van der Waals surface area contributed by atoms with Crippen molar-refractivity contribution < 1.29 is 4.92 Å². The van der Waals surface area contributed by atoms with E-state index in [4.69, 9.17) is 11.6 Å². The fourth-order valence-corrected chi connectivity index (χ4v) is 2.63. The normalized spacial score (nSPS) is 11.7. The van der Waals surface area contributed by atoms with Crippen molar-refractivity contribution in [3.8, 4) is 5.69 Å². The number of nitrogens with one attached hydrogen (secondary N) is 1. The predicted octanol–water partition coefficient (Wildman–Crippen LogP) is 2.27. The van der Waals surface area contributed by atoms with Gasteiger partial charge in [0.25, 0.3) is 11.2 Å². The Morgan fingerprint density at radius 1 is 1.24 bits per heavy atom. The summed E-state index contributed by atoms with van der Waals surface area (Å²) in [7, 11) is 0. The maximum Gasteiger partial charge on any atom is 0.279 e. The van der Waals surface area contributed by atoms with Gasteiger partial charge < -0.3 is 0 Å². The van der Waals surface area contributed by atoms with Gasteiger partial charge in [-0.05, 0) is 24.6 Å². The fraction of sp³-hybridized carbons (Fsp3) is 0.0556. The third-order valence-corrected chi connectivity index (χ3v) is 4.09. The highest BCUT2D eigenvalue weighted by Crippen LogP contribution is 2.23. The smallest absolute Gasteiger partial charge is 0.279 e. The molecule has 25 heavy (non-hydrogen) atoms. The minimum absolute atomic E-state index is 0.157. The van der Waals surface area contributed by atoms with Crippen LogP contribution in [0.15, 0.2) is 47.3 Å². The second-order valence-electron chi connectivity index (χ2n) is 5.59. The summed E-state index contributed by atoms with van der Waals surface area (Å²) in [5.74, 6) is 0. The first-order valence-corrected chi connectivity index (χ1v) is 7.77. The SMILES string of the molecule is C=c1[nH]n(-c2cc([N+](=O)[O-])ccc2Cl)c(=O)/c1=C/c1ccc(C)cc1. The van der Waals surface area contributed by atoms with Crippen molar-refractivity contribution in [1.82, 2.24) is 9.78 Å². The van der Waals surface area contributed by atoms with Crippen LogP contribution in [0.1, 0.15) is 11.1 Å². The van der Waals surface area contributed by atoms with Crippen LogP contribution >= 0.6 is 11.6 Å². The molecule has 1 N–H and O–H groups in total. The highest BCUT2D eigenvalue weighted by molar-refractivity contribution is 6.32. The quantitative estimate of drug-likeness (QED) is 0.578. The number of benzene rings is 2. The summed E-state index contributed by atoms with van der Waals surface area (Å²) in [6.45, 7) is 5.82. The van der Waals surface area contributed by atoms with Crippen LogP contribution in [0.3, 0.4) is 0 Å². The maximum atomic E-state index is 12.7. The van der Waals surface area contributed by atoms with Gasteiger partial charge in [-0.1, -0.05) is 48.0 Å². The molecule has 0 aliphatic heterocycles. The Morgan fingerprint density at radius 3 is 2.56 bits per heavy atom. The summed E-state index contributed by atoms with van der Waals surface area (Å²) >= 11 is 6.11. The number of rotatable bonds is 3. The van der Waals surface area contributed by atoms with Crippen LogP contribution in [0.25, 0.3) is 18.3 Å². The van der Waals surface area contributed by atoms with E-state index in [-0.39, 0.29) is 22.0 Å². The van der Waals surface area contributed by atoms with Gasteiger partial charge in [-0.15, -0.1) is 0 Å². The summed E-state index contributed by atoms with van der Waals surface area (Å²) in [6.07, 6.45) is 1.71. The second kappa shape index (κ2) is 6.41. The zero-order valence-electron chi connectivity index (χ0n) is 13.3. The number of nitrogens with zero attached hydrogens (tertiary/aromatic N) is 2. The first-order valence-electron chi connectivity index (χ1n) is 7.39. The molecule has 6 nitrogen and oxygen atoms in total.